The van der Waals surface area contributed by atoms with E-state index in [4.69, 9.17) is 9.15 Å². The van der Waals surface area contributed by atoms with Crippen LogP contribution in [0.1, 0.15) is 11.3 Å². The van der Waals surface area contributed by atoms with Crippen LogP contribution < -0.4 is 10.1 Å². The number of para-hydroxylation sites is 1. The fraction of sp³-hybridized carbons (Fsp3) is 0.115. The standard InChI is InChI=1S/C26H20BrN3O5/c27-18-8-9-23-21(14-18)17(15-29(23)10-12-35-19-5-2-1-3-6-19)13-22-24(31)28-26(33)30(25(22)32)16-20-7-4-11-34-20/h1-9,11,13-15H,10,12,16H2,(H,28,31,33)/b22-13+. The second-order valence-electron chi connectivity index (χ2n) is 7.89. The minimum Gasteiger partial charge on any atom is -0.492 e. The Hall–Kier alpha value is -4.11. The van der Waals surface area contributed by atoms with Gasteiger partial charge in [0.05, 0.1) is 19.4 Å². The molecule has 1 saturated heterocycles. The van der Waals surface area contributed by atoms with Crippen LogP contribution in [0.2, 0.25) is 0 Å². The molecule has 4 amide bonds. The molecule has 35 heavy (non-hydrogen) atoms. The highest BCUT2D eigenvalue weighted by Gasteiger charge is 2.36. The number of rotatable bonds is 7. The van der Waals surface area contributed by atoms with Gasteiger partial charge in [0.1, 0.15) is 23.7 Å². The number of barbiturate groups is 1. The fourth-order valence-electron chi connectivity index (χ4n) is 3.93. The summed E-state index contributed by atoms with van der Waals surface area (Å²) >= 11 is 3.49. The molecule has 176 valence electrons. The number of ether oxygens (including phenoxy) is 1. The van der Waals surface area contributed by atoms with Gasteiger partial charge in [0.2, 0.25) is 0 Å². The van der Waals surface area contributed by atoms with Gasteiger partial charge in [0, 0.05) is 27.1 Å². The quantitative estimate of drug-likeness (QED) is 0.273. The number of carbonyl (C=O) groups is 3. The number of halogens is 1. The third-order valence-corrected chi connectivity index (χ3v) is 6.09. The van der Waals surface area contributed by atoms with E-state index < -0.39 is 17.8 Å². The molecule has 0 saturated carbocycles. The monoisotopic (exact) mass is 533 g/mol. The second kappa shape index (κ2) is 9.63. The Morgan fingerprint density at radius 3 is 2.63 bits per heavy atom. The summed E-state index contributed by atoms with van der Waals surface area (Å²) in [6.45, 7) is 0.913. The molecule has 3 heterocycles. The minimum absolute atomic E-state index is 0.0770. The number of hydrogen-bond donors (Lipinski definition) is 1. The van der Waals surface area contributed by atoms with E-state index in [0.29, 0.717) is 24.5 Å². The van der Waals surface area contributed by atoms with Crippen LogP contribution in [0.5, 0.6) is 5.75 Å². The highest BCUT2D eigenvalue weighted by atomic mass is 79.9. The van der Waals surface area contributed by atoms with E-state index in [1.807, 2.05) is 59.3 Å². The number of furan rings is 1. The first-order valence-electron chi connectivity index (χ1n) is 10.9. The average Bonchev–Trinajstić information content (AvgIpc) is 3.48. The first-order chi connectivity index (χ1) is 17.0. The van der Waals surface area contributed by atoms with Crippen LogP contribution in [0.4, 0.5) is 4.79 Å². The van der Waals surface area contributed by atoms with Crippen LogP contribution in [-0.4, -0.2) is 33.9 Å². The molecular weight excluding hydrogens is 514 g/mol. The van der Waals surface area contributed by atoms with Crippen LogP contribution in [0.25, 0.3) is 17.0 Å². The Morgan fingerprint density at radius 1 is 1.03 bits per heavy atom. The molecule has 0 unspecified atom stereocenters. The van der Waals surface area contributed by atoms with E-state index >= 15 is 0 Å². The summed E-state index contributed by atoms with van der Waals surface area (Å²) in [4.78, 5) is 39.0. The number of amides is 4. The molecule has 8 nitrogen and oxygen atoms in total. The summed E-state index contributed by atoms with van der Waals surface area (Å²) in [5, 5.41) is 3.09. The number of aromatic nitrogens is 1. The van der Waals surface area contributed by atoms with E-state index in [-0.39, 0.29) is 12.1 Å². The normalized spacial score (nSPS) is 15.2. The molecule has 1 fully saturated rings. The smallest absolute Gasteiger partial charge is 0.331 e. The molecule has 2 aromatic heterocycles. The SMILES string of the molecule is O=C1NC(=O)N(Cc2ccco2)C(=O)/C1=C/c1cn(CCOc2ccccc2)c2ccc(Br)cc12. The maximum Gasteiger partial charge on any atom is 0.331 e. The minimum atomic E-state index is -0.781. The Bertz CT molecular complexity index is 1440. The fourth-order valence-corrected chi connectivity index (χ4v) is 4.29. The van der Waals surface area contributed by atoms with Gasteiger partial charge in [-0.05, 0) is 48.5 Å². The van der Waals surface area contributed by atoms with Crippen molar-refractivity contribution in [3.05, 3.63) is 94.5 Å². The molecule has 0 bridgehead atoms. The molecule has 0 aliphatic carbocycles. The third-order valence-electron chi connectivity index (χ3n) is 5.60. The highest BCUT2D eigenvalue weighted by Crippen LogP contribution is 2.28. The van der Waals surface area contributed by atoms with Crippen molar-refractivity contribution < 1.29 is 23.5 Å². The summed E-state index contributed by atoms with van der Waals surface area (Å²) in [6, 6.07) is 17.9. The molecule has 4 aromatic rings. The van der Waals surface area contributed by atoms with Crippen molar-refractivity contribution >= 4 is 50.8 Å². The number of hydrogen-bond acceptors (Lipinski definition) is 5. The number of nitrogens with one attached hydrogen (secondary N) is 1. The molecule has 0 spiro atoms. The first kappa shape index (κ1) is 22.7. The first-order valence-corrected chi connectivity index (χ1v) is 11.7. The lowest BCUT2D eigenvalue weighted by atomic mass is 10.1. The third kappa shape index (κ3) is 4.76. The van der Waals surface area contributed by atoms with Crippen molar-refractivity contribution in [1.82, 2.24) is 14.8 Å². The Kier molecular flexibility index (Phi) is 6.24. The van der Waals surface area contributed by atoms with Crippen LogP contribution in [0.3, 0.4) is 0 Å². The summed E-state index contributed by atoms with van der Waals surface area (Å²) in [5.74, 6) is -0.210. The van der Waals surface area contributed by atoms with Crippen molar-refractivity contribution in [2.24, 2.45) is 0 Å². The summed E-state index contributed by atoms with van der Waals surface area (Å²) < 4.78 is 14.0. The van der Waals surface area contributed by atoms with Crippen molar-refractivity contribution in [3.63, 3.8) is 0 Å². The van der Waals surface area contributed by atoms with Crippen molar-refractivity contribution in [3.8, 4) is 5.75 Å². The van der Waals surface area contributed by atoms with Gasteiger partial charge in [-0.3, -0.25) is 19.8 Å². The summed E-state index contributed by atoms with van der Waals surface area (Å²) in [7, 11) is 0. The van der Waals surface area contributed by atoms with E-state index in [0.717, 1.165) is 26.0 Å². The molecule has 5 rings (SSSR count). The van der Waals surface area contributed by atoms with Gasteiger partial charge in [-0.15, -0.1) is 0 Å². The molecule has 1 N–H and O–H groups in total. The molecule has 1 aliphatic heterocycles. The van der Waals surface area contributed by atoms with E-state index in [9.17, 15) is 14.4 Å². The van der Waals surface area contributed by atoms with Gasteiger partial charge in [-0.2, -0.15) is 0 Å². The molecule has 9 heteroatoms. The van der Waals surface area contributed by atoms with Crippen LogP contribution >= 0.6 is 15.9 Å². The molecular formula is C26H20BrN3O5. The number of fused-ring (bicyclic) bond motifs is 1. The van der Waals surface area contributed by atoms with Gasteiger partial charge < -0.3 is 13.7 Å². The molecule has 0 atom stereocenters. The summed E-state index contributed by atoms with van der Waals surface area (Å²) in [5.41, 5.74) is 1.46. The zero-order valence-corrected chi connectivity index (χ0v) is 20.0. The Morgan fingerprint density at radius 2 is 1.86 bits per heavy atom. The number of benzene rings is 2. The predicted molar refractivity (Wildman–Crippen MR) is 132 cm³/mol. The predicted octanol–water partition coefficient (Wildman–Crippen LogP) is 4.74. The maximum absolute atomic E-state index is 13.1. The van der Waals surface area contributed by atoms with Gasteiger partial charge >= 0.3 is 6.03 Å². The lowest BCUT2D eigenvalue weighted by molar-refractivity contribution is -0.130. The van der Waals surface area contributed by atoms with Crippen molar-refractivity contribution in [1.29, 1.82) is 0 Å². The maximum atomic E-state index is 13.1. The molecule has 2 aromatic carbocycles. The zero-order valence-electron chi connectivity index (χ0n) is 18.4. The summed E-state index contributed by atoms with van der Waals surface area (Å²) in [6.07, 6.45) is 4.84. The Labute approximate surface area is 208 Å². The average molecular weight is 534 g/mol. The van der Waals surface area contributed by atoms with Crippen LogP contribution in [0.15, 0.2) is 87.6 Å². The van der Waals surface area contributed by atoms with Gasteiger partial charge in [-0.25, -0.2) is 4.79 Å². The zero-order chi connectivity index (χ0) is 24.4. The van der Waals surface area contributed by atoms with E-state index in [1.165, 1.54) is 12.3 Å². The van der Waals surface area contributed by atoms with Crippen LogP contribution in [0, 0.1) is 0 Å². The second-order valence-corrected chi connectivity index (χ2v) is 8.80. The lowest BCUT2D eigenvalue weighted by Crippen LogP contribution is -2.53. The molecule has 0 radical (unpaired) electrons. The number of imide groups is 2. The van der Waals surface area contributed by atoms with E-state index in [1.54, 1.807) is 12.1 Å². The van der Waals surface area contributed by atoms with Crippen molar-refractivity contribution in [2.45, 2.75) is 13.1 Å². The number of urea groups is 1. The van der Waals surface area contributed by atoms with Crippen molar-refractivity contribution in [2.75, 3.05) is 6.61 Å². The topological polar surface area (TPSA) is 93.8 Å². The highest BCUT2D eigenvalue weighted by molar-refractivity contribution is 9.10. The number of nitrogens with zero attached hydrogens (tertiary/aromatic N) is 2. The lowest BCUT2D eigenvalue weighted by Gasteiger charge is -2.25. The Balaban J connectivity index is 1.45. The van der Waals surface area contributed by atoms with Crippen LogP contribution in [-0.2, 0) is 22.7 Å². The van der Waals surface area contributed by atoms with Gasteiger partial charge in [0.25, 0.3) is 11.8 Å². The van der Waals surface area contributed by atoms with E-state index in [2.05, 4.69) is 21.2 Å². The van der Waals surface area contributed by atoms with Gasteiger partial charge in [0.15, 0.2) is 0 Å². The largest absolute Gasteiger partial charge is 0.492 e. The number of carbonyl (C=O) groups excluding carboxylic acids is 3. The van der Waals surface area contributed by atoms with Gasteiger partial charge in [-0.1, -0.05) is 34.1 Å². The molecule has 1 aliphatic rings.